The molecule has 30 heavy (non-hydrogen) atoms. The molecule has 0 bridgehead atoms. The summed E-state index contributed by atoms with van der Waals surface area (Å²) in [5.41, 5.74) is 0. The normalized spacial score (nSPS) is 34.0. The Morgan fingerprint density at radius 1 is 1.03 bits per heavy atom. The molecular weight excluding hydrogens is 384 g/mol. The SMILES string of the molecule is CC(=O)C1CCN(C)C(N(C)C)N1C.CC1CC[N+](C)(CC(=O)[O-])C(N(C)C)N1C. The first-order chi connectivity index (χ1) is 13.7. The minimum Gasteiger partial charge on any atom is -0.544 e. The zero-order valence-electron chi connectivity index (χ0n) is 20.8. The van der Waals surface area contributed by atoms with Crippen molar-refractivity contribution in [1.29, 1.82) is 0 Å². The number of nitrogens with zero attached hydrogens (tertiary/aromatic N) is 6. The summed E-state index contributed by atoms with van der Waals surface area (Å²) in [7, 11) is 16.2. The van der Waals surface area contributed by atoms with Crippen LogP contribution < -0.4 is 5.11 Å². The summed E-state index contributed by atoms with van der Waals surface area (Å²) in [6.07, 6.45) is 2.29. The smallest absolute Gasteiger partial charge is 0.204 e. The number of aliphatic carboxylic acids is 1. The van der Waals surface area contributed by atoms with Crippen LogP contribution in [0, 0.1) is 0 Å². The van der Waals surface area contributed by atoms with Gasteiger partial charge in [-0.25, -0.2) is 9.80 Å². The zero-order chi connectivity index (χ0) is 23.4. The maximum absolute atomic E-state index is 11.4. The van der Waals surface area contributed by atoms with Gasteiger partial charge < -0.3 is 9.90 Å². The van der Waals surface area contributed by atoms with E-state index in [9.17, 15) is 14.7 Å². The Bertz CT molecular complexity index is 587. The van der Waals surface area contributed by atoms with Gasteiger partial charge in [-0.3, -0.25) is 24.0 Å². The average molecular weight is 429 g/mol. The van der Waals surface area contributed by atoms with E-state index in [0.29, 0.717) is 10.5 Å². The molecule has 0 aliphatic carbocycles. The molecule has 176 valence electrons. The van der Waals surface area contributed by atoms with Gasteiger partial charge in [0.25, 0.3) is 0 Å². The van der Waals surface area contributed by atoms with Crippen LogP contribution >= 0.6 is 0 Å². The number of carboxylic acid groups (broad SMARTS) is 1. The standard InChI is InChI=1S/C11H23N3O2.C10H21N3O/c1-9-6-7-14(5,8-10(15)16)11(12(2)3)13(9)4;1-8(14)9-6-7-12(4)10(11(2)3)13(9)5/h9,11H,6-8H2,1-5H3;9-10H,6-7H2,1-5H3. The fourth-order valence-electron chi connectivity index (χ4n) is 5.21. The van der Waals surface area contributed by atoms with E-state index in [1.165, 1.54) is 0 Å². The van der Waals surface area contributed by atoms with E-state index < -0.39 is 5.97 Å². The molecule has 2 saturated heterocycles. The van der Waals surface area contributed by atoms with E-state index in [4.69, 9.17) is 0 Å². The molecule has 2 heterocycles. The van der Waals surface area contributed by atoms with E-state index in [1.54, 1.807) is 6.92 Å². The van der Waals surface area contributed by atoms with Crippen LogP contribution in [0.2, 0.25) is 0 Å². The number of ketones is 1. The van der Waals surface area contributed by atoms with Gasteiger partial charge in [0.15, 0.2) is 0 Å². The predicted molar refractivity (Wildman–Crippen MR) is 117 cm³/mol. The lowest BCUT2D eigenvalue weighted by atomic mass is 10.1. The summed E-state index contributed by atoms with van der Waals surface area (Å²) < 4.78 is 0.496. The van der Waals surface area contributed by atoms with E-state index in [1.807, 2.05) is 42.3 Å². The summed E-state index contributed by atoms with van der Waals surface area (Å²) in [4.78, 5) is 33.1. The molecule has 0 aromatic rings. The second-order valence-corrected chi connectivity index (χ2v) is 9.72. The number of carboxylic acids is 1. The third kappa shape index (κ3) is 6.45. The Hall–Kier alpha value is -1.10. The van der Waals surface area contributed by atoms with Crippen molar-refractivity contribution in [2.75, 3.05) is 76.0 Å². The van der Waals surface area contributed by atoms with Gasteiger partial charge >= 0.3 is 0 Å². The van der Waals surface area contributed by atoms with Crippen molar-refractivity contribution in [3.63, 3.8) is 0 Å². The van der Waals surface area contributed by atoms with Gasteiger partial charge in [0, 0.05) is 19.0 Å². The monoisotopic (exact) mass is 428 g/mol. The van der Waals surface area contributed by atoms with Gasteiger partial charge in [0.1, 0.15) is 18.6 Å². The number of carbonyl (C=O) groups excluding carboxylic acids is 2. The minimum atomic E-state index is -0.975. The Balaban J connectivity index is 0.000000303. The first-order valence-electron chi connectivity index (χ1n) is 10.7. The molecule has 0 aromatic heterocycles. The Kier molecular flexibility index (Phi) is 9.85. The highest BCUT2D eigenvalue weighted by molar-refractivity contribution is 5.81. The fraction of sp³-hybridized carbons (Fsp3) is 0.905. The largest absolute Gasteiger partial charge is 0.544 e. The topological polar surface area (TPSA) is 73.4 Å². The molecule has 2 aliphatic heterocycles. The third-order valence-corrected chi connectivity index (χ3v) is 6.56. The van der Waals surface area contributed by atoms with Crippen LogP contribution in [-0.2, 0) is 9.59 Å². The molecule has 0 saturated carbocycles. The van der Waals surface area contributed by atoms with Crippen molar-refractivity contribution < 1.29 is 19.2 Å². The molecule has 2 aliphatic rings. The molecule has 0 aromatic carbocycles. The third-order valence-electron chi connectivity index (χ3n) is 6.56. The molecule has 5 atom stereocenters. The molecule has 0 spiro atoms. The van der Waals surface area contributed by atoms with Crippen molar-refractivity contribution in [2.45, 2.75) is 51.4 Å². The van der Waals surface area contributed by atoms with Crippen molar-refractivity contribution in [3.05, 3.63) is 0 Å². The number of rotatable bonds is 5. The van der Waals surface area contributed by atoms with Crippen molar-refractivity contribution in [2.24, 2.45) is 0 Å². The number of Topliss-reactive ketones (excluding diaryl/α,β-unsaturated/α-hetero) is 1. The van der Waals surface area contributed by atoms with Crippen LogP contribution in [0.15, 0.2) is 0 Å². The van der Waals surface area contributed by atoms with Crippen LogP contribution in [0.3, 0.4) is 0 Å². The summed E-state index contributed by atoms with van der Waals surface area (Å²) in [5, 5.41) is 10.9. The Morgan fingerprint density at radius 2 is 1.60 bits per heavy atom. The molecule has 2 rings (SSSR count). The highest BCUT2D eigenvalue weighted by Crippen LogP contribution is 2.25. The molecule has 9 heteroatoms. The number of likely N-dealkylation sites (N-methyl/N-ethyl adjacent to an activating group) is 2. The van der Waals surface area contributed by atoms with E-state index in [2.05, 4.69) is 45.5 Å². The van der Waals surface area contributed by atoms with Crippen molar-refractivity contribution >= 4 is 11.8 Å². The average Bonchev–Trinajstić information content (AvgIpc) is 2.57. The Labute approximate surface area is 183 Å². The molecule has 9 nitrogen and oxygen atoms in total. The van der Waals surface area contributed by atoms with Gasteiger partial charge in [0.2, 0.25) is 6.29 Å². The number of hydrogen-bond acceptors (Lipinski definition) is 8. The van der Waals surface area contributed by atoms with E-state index >= 15 is 0 Å². The van der Waals surface area contributed by atoms with Crippen LogP contribution in [0.4, 0.5) is 0 Å². The second-order valence-electron chi connectivity index (χ2n) is 9.72. The quantitative estimate of drug-likeness (QED) is 0.506. The van der Waals surface area contributed by atoms with Crippen molar-refractivity contribution in [3.8, 4) is 0 Å². The molecule has 0 radical (unpaired) electrons. The fourth-order valence-corrected chi connectivity index (χ4v) is 5.21. The highest BCUT2D eigenvalue weighted by atomic mass is 16.4. The lowest BCUT2D eigenvalue weighted by molar-refractivity contribution is -0.957. The highest BCUT2D eigenvalue weighted by Gasteiger charge is 2.43. The number of hydrogen-bond donors (Lipinski definition) is 0. The van der Waals surface area contributed by atoms with E-state index in [-0.39, 0.29) is 30.9 Å². The first-order valence-corrected chi connectivity index (χ1v) is 10.7. The second kappa shape index (κ2) is 11.0. The molecule has 2 fully saturated rings. The number of carbonyl (C=O) groups is 2. The van der Waals surface area contributed by atoms with Gasteiger partial charge in [-0.15, -0.1) is 0 Å². The molecule has 0 amide bonds. The minimum absolute atomic E-state index is 0.0694. The summed E-state index contributed by atoms with van der Waals surface area (Å²) in [6.45, 7) is 5.79. The predicted octanol–water partition coefficient (Wildman–Crippen LogP) is -1.19. The summed E-state index contributed by atoms with van der Waals surface area (Å²) in [5.74, 6) is -0.704. The molecule has 5 unspecified atom stereocenters. The van der Waals surface area contributed by atoms with Gasteiger partial charge in [-0.05, 0) is 69.6 Å². The maximum Gasteiger partial charge on any atom is 0.204 e. The first kappa shape index (κ1) is 26.9. The maximum atomic E-state index is 11.4. The lowest BCUT2D eigenvalue weighted by Gasteiger charge is -2.53. The Morgan fingerprint density at radius 3 is 2.03 bits per heavy atom. The summed E-state index contributed by atoms with van der Waals surface area (Å²) >= 11 is 0. The van der Waals surface area contributed by atoms with Crippen LogP contribution in [-0.4, -0.2) is 141 Å². The van der Waals surface area contributed by atoms with Gasteiger partial charge in [-0.1, -0.05) is 0 Å². The van der Waals surface area contributed by atoms with E-state index in [0.717, 1.165) is 25.9 Å². The van der Waals surface area contributed by atoms with Crippen molar-refractivity contribution in [1.82, 2.24) is 24.5 Å². The molecule has 0 N–H and O–H groups in total. The van der Waals surface area contributed by atoms with Gasteiger partial charge in [-0.2, -0.15) is 0 Å². The van der Waals surface area contributed by atoms with Crippen LogP contribution in [0.1, 0.15) is 26.7 Å². The molecular formula is C21H44N6O3. The van der Waals surface area contributed by atoms with Gasteiger partial charge in [0.05, 0.1) is 25.6 Å². The lowest BCUT2D eigenvalue weighted by Crippen LogP contribution is -2.71. The number of quaternary nitrogens is 1. The van der Waals surface area contributed by atoms with Crippen LogP contribution in [0.5, 0.6) is 0 Å². The zero-order valence-corrected chi connectivity index (χ0v) is 20.8. The summed E-state index contributed by atoms with van der Waals surface area (Å²) in [6, 6.07) is 0.568. The van der Waals surface area contributed by atoms with Crippen LogP contribution in [0.25, 0.3) is 0 Å².